The molecule has 1 saturated carbocycles. The fourth-order valence-corrected chi connectivity index (χ4v) is 4.40. The maximum atomic E-state index is 12.2. The maximum absolute atomic E-state index is 12.2. The fourth-order valence-electron chi connectivity index (χ4n) is 4.40. The minimum atomic E-state index is -0.237. The number of carbonyl (C=O) groups excluding carboxylic acids is 1. The van der Waals surface area contributed by atoms with Gasteiger partial charge in [-0.3, -0.25) is 10.1 Å². The summed E-state index contributed by atoms with van der Waals surface area (Å²) >= 11 is 0. The third kappa shape index (κ3) is 2.55. The van der Waals surface area contributed by atoms with Crippen molar-refractivity contribution in [2.75, 3.05) is 7.11 Å². The Labute approximate surface area is 136 Å². The molecule has 1 aromatic heterocycles. The van der Waals surface area contributed by atoms with Crippen LogP contribution in [0.5, 0.6) is 0 Å². The van der Waals surface area contributed by atoms with E-state index in [9.17, 15) is 4.79 Å². The Hall–Kier alpha value is -1.81. The van der Waals surface area contributed by atoms with Crippen LogP contribution < -0.4 is 5.32 Å². The predicted molar refractivity (Wildman–Crippen MR) is 90.3 cm³/mol. The fraction of sp³-hybridized carbons (Fsp3) is 0.526. The number of fused-ring (bicyclic) bond motifs is 3. The number of esters is 1. The molecule has 0 radical (unpaired) electrons. The summed E-state index contributed by atoms with van der Waals surface area (Å²) in [5.74, 6) is 0.449. The van der Waals surface area contributed by atoms with Gasteiger partial charge in [0.05, 0.1) is 13.2 Å². The van der Waals surface area contributed by atoms with Gasteiger partial charge in [-0.05, 0) is 30.4 Å². The number of aromatic nitrogens is 1. The number of aromatic amines is 1. The number of benzene rings is 1. The lowest BCUT2D eigenvalue weighted by molar-refractivity contribution is -0.143. The van der Waals surface area contributed by atoms with Crippen molar-refractivity contribution in [3.8, 4) is 0 Å². The van der Waals surface area contributed by atoms with E-state index >= 15 is 0 Å². The predicted octanol–water partition coefficient (Wildman–Crippen LogP) is 3.48. The van der Waals surface area contributed by atoms with Gasteiger partial charge >= 0.3 is 5.97 Å². The summed E-state index contributed by atoms with van der Waals surface area (Å²) in [6.45, 7) is 0. The number of hydrogen-bond acceptors (Lipinski definition) is 3. The van der Waals surface area contributed by atoms with E-state index in [4.69, 9.17) is 4.74 Å². The molecule has 0 bridgehead atoms. The van der Waals surface area contributed by atoms with Crippen molar-refractivity contribution >= 4 is 16.9 Å². The zero-order valence-electron chi connectivity index (χ0n) is 13.6. The zero-order valence-corrected chi connectivity index (χ0v) is 13.6. The molecule has 1 fully saturated rings. The highest BCUT2D eigenvalue weighted by atomic mass is 16.5. The minimum Gasteiger partial charge on any atom is -0.468 e. The van der Waals surface area contributed by atoms with Crippen LogP contribution in [0.3, 0.4) is 0 Å². The van der Waals surface area contributed by atoms with Gasteiger partial charge in [-0.15, -0.1) is 0 Å². The first-order valence-corrected chi connectivity index (χ1v) is 8.71. The number of nitrogens with one attached hydrogen (secondary N) is 2. The van der Waals surface area contributed by atoms with Gasteiger partial charge in [-0.2, -0.15) is 0 Å². The molecule has 1 aromatic carbocycles. The van der Waals surface area contributed by atoms with Crippen molar-refractivity contribution < 1.29 is 9.53 Å². The van der Waals surface area contributed by atoms with Gasteiger partial charge in [-0.1, -0.05) is 37.5 Å². The summed E-state index contributed by atoms with van der Waals surface area (Å²) in [5.41, 5.74) is 3.76. The van der Waals surface area contributed by atoms with Crippen LogP contribution in [-0.2, 0) is 16.0 Å². The van der Waals surface area contributed by atoms with Crippen LogP contribution in [0.2, 0.25) is 0 Å². The van der Waals surface area contributed by atoms with E-state index in [0.29, 0.717) is 12.3 Å². The highest BCUT2D eigenvalue weighted by Crippen LogP contribution is 2.40. The zero-order chi connectivity index (χ0) is 15.8. The number of carbonyl (C=O) groups is 1. The van der Waals surface area contributed by atoms with Crippen molar-refractivity contribution in [2.45, 2.75) is 50.6 Å². The van der Waals surface area contributed by atoms with Gasteiger partial charge in [0, 0.05) is 23.0 Å². The average Bonchev–Trinajstić information content (AvgIpc) is 2.99. The van der Waals surface area contributed by atoms with Crippen LogP contribution >= 0.6 is 0 Å². The largest absolute Gasteiger partial charge is 0.468 e. The third-order valence-electron chi connectivity index (χ3n) is 5.55. The topological polar surface area (TPSA) is 54.1 Å². The molecule has 122 valence electrons. The molecule has 4 rings (SSSR count). The molecule has 4 nitrogen and oxygen atoms in total. The molecule has 1 aliphatic carbocycles. The van der Waals surface area contributed by atoms with Crippen molar-refractivity contribution in [2.24, 2.45) is 5.92 Å². The van der Waals surface area contributed by atoms with E-state index < -0.39 is 0 Å². The number of rotatable bonds is 2. The lowest BCUT2D eigenvalue weighted by Crippen LogP contribution is -2.47. The maximum Gasteiger partial charge on any atom is 0.323 e. The van der Waals surface area contributed by atoms with Crippen LogP contribution in [0, 0.1) is 5.92 Å². The lowest BCUT2D eigenvalue weighted by atomic mass is 9.79. The molecule has 1 aliphatic heterocycles. The molecule has 0 amide bonds. The Morgan fingerprint density at radius 3 is 2.74 bits per heavy atom. The van der Waals surface area contributed by atoms with Crippen LogP contribution in [0.4, 0.5) is 0 Å². The van der Waals surface area contributed by atoms with Gasteiger partial charge in [0.2, 0.25) is 0 Å². The van der Waals surface area contributed by atoms with Crippen molar-refractivity contribution in [3.63, 3.8) is 0 Å². The average molecular weight is 312 g/mol. The smallest absolute Gasteiger partial charge is 0.323 e. The second kappa shape index (κ2) is 6.00. The van der Waals surface area contributed by atoms with E-state index in [-0.39, 0.29) is 18.1 Å². The molecule has 23 heavy (non-hydrogen) atoms. The number of H-pyrrole nitrogens is 1. The SMILES string of the molecule is COC(=O)[C@@H]1Cc2c([nH]c3ccccc23)[C@@H](C2CCCCC2)N1. The molecule has 0 spiro atoms. The van der Waals surface area contributed by atoms with Crippen LogP contribution in [-0.4, -0.2) is 24.1 Å². The summed E-state index contributed by atoms with van der Waals surface area (Å²) in [6, 6.07) is 8.40. The van der Waals surface area contributed by atoms with Gasteiger partial charge in [0.25, 0.3) is 0 Å². The van der Waals surface area contributed by atoms with Gasteiger partial charge < -0.3 is 9.72 Å². The van der Waals surface area contributed by atoms with Crippen molar-refractivity contribution in [1.29, 1.82) is 0 Å². The number of ether oxygens (including phenoxy) is 1. The summed E-state index contributed by atoms with van der Waals surface area (Å²) in [6.07, 6.45) is 7.10. The number of para-hydroxylation sites is 1. The molecule has 2 aliphatic rings. The highest BCUT2D eigenvalue weighted by molar-refractivity contribution is 5.87. The van der Waals surface area contributed by atoms with Crippen LogP contribution in [0.25, 0.3) is 10.9 Å². The van der Waals surface area contributed by atoms with E-state index in [0.717, 1.165) is 0 Å². The summed E-state index contributed by atoms with van der Waals surface area (Å²) in [5, 5.41) is 4.83. The molecule has 2 atom stereocenters. The Morgan fingerprint density at radius 2 is 1.96 bits per heavy atom. The second-order valence-electron chi connectivity index (χ2n) is 6.89. The van der Waals surface area contributed by atoms with Crippen molar-refractivity contribution in [1.82, 2.24) is 10.3 Å². The third-order valence-corrected chi connectivity index (χ3v) is 5.55. The monoisotopic (exact) mass is 312 g/mol. The standard InChI is InChI=1S/C19H24N2O2/c1-23-19(22)16-11-14-13-9-5-6-10-15(13)20-18(14)17(21-16)12-7-3-2-4-8-12/h5-6,9-10,12,16-17,20-21H,2-4,7-8,11H2,1H3/t16-,17+/m0/s1. The van der Waals surface area contributed by atoms with Crippen LogP contribution in [0.15, 0.2) is 24.3 Å². The second-order valence-corrected chi connectivity index (χ2v) is 6.89. The first kappa shape index (κ1) is 14.8. The van der Waals surface area contributed by atoms with Gasteiger partial charge in [0.1, 0.15) is 6.04 Å². The van der Waals surface area contributed by atoms with Crippen molar-refractivity contribution in [3.05, 3.63) is 35.5 Å². The van der Waals surface area contributed by atoms with E-state index in [1.807, 2.05) is 0 Å². The summed E-state index contributed by atoms with van der Waals surface area (Å²) in [4.78, 5) is 15.8. The van der Waals surface area contributed by atoms with Gasteiger partial charge in [-0.25, -0.2) is 0 Å². The lowest BCUT2D eigenvalue weighted by Gasteiger charge is -2.36. The molecule has 4 heteroatoms. The molecular formula is C19H24N2O2. The van der Waals surface area contributed by atoms with E-state index in [1.165, 1.54) is 61.4 Å². The Morgan fingerprint density at radius 1 is 1.17 bits per heavy atom. The summed E-state index contributed by atoms with van der Waals surface area (Å²) < 4.78 is 5.02. The Balaban J connectivity index is 1.77. The highest BCUT2D eigenvalue weighted by Gasteiger charge is 2.37. The first-order valence-electron chi connectivity index (χ1n) is 8.71. The first-order chi connectivity index (χ1) is 11.3. The quantitative estimate of drug-likeness (QED) is 0.835. The number of methoxy groups -OCH3 is 1. The molecule has 2 heterocycles. The van der Waals surface area contributed by atoms with Gasteiger partial charge in [0.15, 0.2) is 0 Å². The summed E-state index contributed by atoms with van der Waals surface area (Å²) in [7, 11) is 1.48. The Kier molecular flexibility index (Phi) is 3.85. The Bertz CT molecular complexity index is 715. The molecule has 0 unspecified atom stereocenters. The molecule has 2 aromatic rings. The molecule has 2 N–H and O–H groups in total. The molecule has 0 saturated heterocycles. The normalized spacial score (nSPS) is 25.3. The minimum absolute atomic E-state index is 0.151. The van der Waals surface area contributed by atoms with Crippen LogP contribution in [0.1, 0.15) is 49.4 Å². The van der Waals surface area contributed by atoms with E-state index in [2.05, 4.69) is 34.6 Å². The molecular weight excluding hydrogens is 288 g/mol. The van der Waals surface area contributed by atoms with E-state index in [1.54, 1.807) is 0 Å². The number of hydrogen-bond donors (Lipinski definition) is 2.